The Balaban J connectivity index is 1.86. The van der Waals surface area contributed by atoms with Crippen LogP contribution in [-0.2, 0) is 17.1 Å². The van der Waals surface area contributed by atoms with Gasteiger partial charge in [-0.15, -0.1) is 0 Å². The molecule has 0 N–H and O–H groups in total. The van der Waals surface area contributed by atoms with Crippen molar-refractivity contribution in [1.29, 1.82) is 0 Å². The number of rotatable bonds is 6. The Labute approximate surface area is 132 Å². The Kier molecular flexibility index (Phi) is 4.44. The quantitative estimate of drug-likeness (QED) is 0.656. The number of carbonyl (C=O) groups is 1. The number of hydrogen-bond acceptors (Lipinski definition) is 4. The van der Waals surface area contributed by atoms with Crippen LogP contribution in [0.25, 0.3) is 11.0 Å². The normalized spacial score (nSPS) is 10.9. The summed E-state index contributed by atoms with van der Waals surface area (Å²) in [5.41, 5.74) is 3.06. The number of hydrogen-bond donors (Lipinski definition) is 0. The van der Waals surface area contributed by atoms with Gasteiger partial charge in [0.2, 0.25) is 0 Å². The highest BCUT2D eigenvalue weighted by molar-refractivity contribution is 7.98. The lowest BCUT2D eigenvalue weighted by molar-refractivity contribution is -0.305. The number of carboxylic acids is 1. The summed E-state index contributed by atoms with van der Waals surface area (Å²) in [5.74, 6) is -0.244. The average Bonchev–Trinajstić information content (AvgIpc) is 2.89. The van der Waals surface area contributed by atoms with Gasteiger partial charge < -0.3 is 14.5 Å². The van der Waals surface area contributed by atoms with Gasteiger partial charge in [-0.3, -0.25) is 0 Å². The van der Waals surface area contributed by atoms with Crippen LogP contribution in [0.4, 0.5) is 0 Å². The van der Waals surface area contributed by atoms with Crippen molar-refractivity contribution in [3.63, 3.8) is 0 Å². The van der Waals surface area contributed by atoms with Crippen LogP contribution in [0.3, 0.4) is 0 Å². The summed E-state index contributed by atoms with van der Waals surface area (Å²) in [6, 6.07) is 17.9. The van der Waals surface area contributed by atoms with Gasteiger partial charge in [0.25, 0.3) is 0 Å². The summed E-state index contributed by atoms with van der Waals surface area (Å²) in [7, 11) is 0. The van der Waals surface area contributed by atoms with E-state index in [1.165, 1.54) is 5.56 Å². The van der Waals surface area contributed by atoms with Crippen LogP contribution in [0.2, 0.25) is 0 Å². The van der Waals surface area contributed by atoms with Gasteiger partial charge in [0.1, 0.15) is 0 Å². The molecule has 2 aromatic carbocycles. The number of benzene rings is 2. The Morgan fingerprint density at radius 3 is 2.59 bits per heavy atom. The van der Waals surface area contributed by atoms with E-state index in [9.17, 15) is 9.90 Å². The fourth-order valence-electron chi connectivity index (χ4n) is 2.30. The van der Waals surface area contributed by atoms with Gasteiger partial charge in [-0.05, 0) is 17.7 Å². The van der Waals surface area contributed by atoms with Crippen molar-refractivity contribution in [3.8, 4) is 0 Å². The minimum Gasteiger partial charge on any atom is -0.550 e. The van der Waals surface area contributed by atoms with Crippen LogP contribution in [-0.4, -0.2) is 15.5 Å². The zero-order chi connectivity index (χ0) is 15.4. The van der Waals surface area contributed by atoms with Crippen molar-refractivity contribution in [2.45, 2.75) is 23.9 Å². The second kappa shape index (κ2) is 6.66. The van der Waals surface area contributed by atoms with E-state index in [-0.39, 0.29) is 6.42 Å². The molecule has 0 saturated heterocycles. The third-order valence-corrected chi connectivity index (χ3v) is 4.42. The maximum Gasteiger partial charge on any atom is 0.169 e. The molecular weight excluding hydrogens is 296 g/mol. The van der Waals surface area contributed by atoms with E-state index in [1.54, 1.807) is 11.8 Å². The van der Waals surface area contributed by atoms with Crippen LogP contribution in [0, 0.1) is 0 Å². The molecule has 3 rings (SSSR count). The number of imidazole rings is 1. The average molecular weight is 311 g/mol. The van der Waals surface area contributed by atoms with E-state index in [1.807, 2.05) is 47.0 Å². The molecule has 0 fully saturated rings. The summed E-state index contributed by atoms with van der Waals surface area (Å²) in [5, 5.41) is 11.6. The molecule has 0 aliphatic heterocycles. The summed E-state index contributed by atoms with van der Waals surface area (Å²) < 4.78 is 1.96. The van der Waals surface area contributed by atoms with Crippen molar-refractivity contribution in [3.05, 3.63) is 60.2 Å². The van der Waals surface area contributed by atoms with Crippen LogP contribution >= 0.6 is 11.8 Å². The second-order valence-electron chi connectivity index (χ2n) is 4.93. The highest BCUT2D eigenvalue weighted by Gasteiger charge is 2.11. The molecule has 112 valence electrons. The number of aromatic nitrogens is 2. The number of thioether (sulfide) groups is 1. The molecule has 0 amide bonds. The maximum atomic E-state index is 10.8. The lowest BCUT2D eigenvalue weighted by Gasteiger charge is -2.09. The molecule has 5 heteroatoms. The standard InChI is InChI=1S/C17H16N2O2S/c20-16(21)10-11-19-15-9-5-4-8-14(15)18-17(19)22-12-13-6-2-1-3-7-13/h1-9H,10-12H2,(H,20,21)/p-1. The molecule has 4 nitrogen and oxygen atoms in total. The first-order valence-electron chi connectivity index (χ1n) is 7.06. The van der Waals surface area contributed by atoms with Crippen LogP contribution < -0.4 is 5.11 Å². The number of para-hydroxylation sites is 2. The third kappa shape index (κ3) is 3.31. The summed E-state index contributed by atoms with van der Waals surface area (Å²) in [6.07, 6.45) is -0.0146. The van der Waals surface area contributed by atoms with Crippen molar-refractivity contribution in [2.75, 3.05) is 0 Å². The molecule has 0 atom stereocenters. The number of aryl methyl sites for hydroxylation is 1. The van der Waals surface area contributed by atoms with Crippen molar-refractivity contribution in [2.24, 2.45) is 0 Å². The number of aliphatic carboxylic acids is 1. The fraction of sp³-hybridized carbons (Fsp3) is 0.176. The zero-order valence-electron chi connectivity index (χ0n) is 11.9. The van der Waals surface area contributed by atoms with Crippen LogP contribution in [0.1, 0.15) is 12.0 Å². The first kappa shape index (κ1) is 14.7. The lowest BCUT2D eigenvalue weighted by atomic mass is 10.2. The molecule has 0 bridgehead atoms. The molecule has 0 aliphatic rings. The molecular formula is C17H15N2O2S-. The van der Waals surface area contributed by atoms with Crippen molar-refractivity contribution in [1.82, 2.24) is 9.55 Å². The smallest absolute Gasteiger partial charge is 0.169 e. The van der Waals surface area contributed by atoms with E-state index in [0.29, 0.717) is 6.54 Å². The monoisotopic (exact) mass is 311 g/mol. The number of fused-ring (bicyclic) bond motifs is 1. The van der Waals surface area contributed by atoms with Crippen LogP contribution in [0.15, 0.2) is 59.8 Å². The number of carboxylic acid groups (broad SMARTS) is 1. The molecule has 0 unspecified atom stereocenters. The zero-order valence-corrected chi connectivity index (χ0v) is 12.8. The molecule has 3 aromatic rings. The van der Waals surface area contributed by atoms with Gasteiger partial charge in [0.15, 0.2) is 5.16 Å². The number of nitrogens with zero attached hydrogens (tertiary/aromatic N) is 2. The third-order valence-electron chi connectivity index (χ3n) is 3.37. The van der Waals surface area contributed by atoms with Crippen molar-refractivity contribution >= 4 is 28.8 Å². The fourth-order valence-corrected chi connectivity index (χ4v) is 3.30. The van der Waals surface area contributed by atoms with E-state index < -0.39 is 5.97 Å². The molecule has 22 heavy (non-hydrogen) atoms. The minimum absolute atomic E-state index is 0.0146. The van der Waals surface area contributed by atoms with Gasteiger partial charge in [-0.1, -0.05) is 54.2 Å². The van der Waals surface area contributed by atoms with E-state index in [2.05, 4.69) is 17.1 Å². The molecule has 0 saturated carbocycles. The Morgan fingerprint density at radius 1 is 1.09 bits per heavy atom. The number of carbonyl (C=O) groups excluding carboxylic acids is 1. The summed E-state index contributed by atoms with van der Waals surface area (Å²) in [4.78, 5) is 15.4. The SMILES string of the molecule is O=C([O-])CCn1c(SCc2ccccc2)nc2ccccc21. The van der Waals surface area contributed by atoms with Gasteiger partial charge >= 0.3 is 0 Å². The van der Waals surface area contributed by atoms with Crippen LogP contribution in [0.5, 0.6) is 0 Å². The molecule has 1 heterocycles. The predicted molar refractivity (Wildman–Crippen MR) is 85.4 cm³/mol. The molecule has 0 radical (unpaired) electrons. The Morgan fingerprint density at radius 2 is 1.82 bits per heavy atom. The Hall–Kier alpha value is -2.27. The largest absolute Gasteiger partial charge is 0.550 e. The van der Waals surface area contributed by atoms with Crippen molar-refractivity contribution < 1.29 is 9.90 Å². The van der Waals surface area contributed by atoms with Gasteiger partial charge in [-0.25, -0.2) is 4.98 Å². The topological polar surface area (TPSA) is 57.9 Å². The Bertz CT molecular complexity index is 784. The first-order chi connectivity index (χ1) is 10.7. The maximum absolute atomic E-state index is 10.8. The molecule has 0 spiro atoms. The van der Waals surface area contributed by atoms with Gasteiger partial charge in [0, 0.05) is 24.7 Å². The predicted octanol–water partition coefficient (Wildman–Crippen LogP) is 2.47. The van der Waals surface area contributed by atoms with Gasteiger partial charge in [0.05, 0.1) is 11.0 Å². The van der Waals surface area contributed by atoms with E-state index in [0.717, 1.165) is 21.9 Å². The minimum atomic E-state index is -1.04. The van der Waals surface area contributed by atoms with E-state index >= 15 is 0 Å². The van der Waals surface area contributed by atoms with E-state index in [4.69, 9.17) is 0 Å². The second-order valence-corrected chi connectivity index (χ2v) is 5.87. The summed E-state index contributed by atoms with van der Waals surface area (Å²) >= 11 is 1.62. The highest BCUT2D eigenvalue weighted by atomic mass is 32.2. The van der Waals surface area contributed by atoms with Gasteiger partial charge in [-0.2, -0.15) is 0 Å². The summed E-state index contributed by atoms with van der Waals surface area (Å²) in [6.45, 7) is 0.375. The first-order valence-corrected chi connectivity index (χ1v) is 8.04. The molecule has 1 aromatic heterocycles. The highest BCUT2D eigenvalue weighted by Crippen LogP contribution is 2.27. The molecule has 0 aliphatic carbocycles. The lowest BCUT2D eigenvalue weighted by Crippen LogP contribution is -2.23.